The number of imidazole rings is 2. The zero-order valence-electron chi connectivity index (χ0n) is 15.2. The van der Waals surface area contributed by atoms with Crippen LogP contribution in [0.3, 0.4) is 0 Å². The highest BCUT2D eigenvalue weighted by Crippen LogP contribution is 2.26. The van der Waals surface area contributed by atoms with Gasteiger partial charge in [-0.3, -0.25) is 9.13 Å². The van der Waals surface area contributed by atoms with E-state index in [2.05, 4.69) is 26.0 Å². The molecule has 0 saturated heterocycles. The first-order valence-corrected chi connectivity index (χ1v) is 9.57. The van der Waals surface area contributed by atoms with E-state index in [4.69, 9.17) is 23.2 Å². The Balaban J connectivity index is 1.68. The van der Waals surface area contributed by atoms with Crippen molar-refractivity contribution in [3.8, 4) is 12.0 Å². The summed E-state index contributed by atoms with van der Waals surface area (Å²) in [6.45, 7) is 0.150. The van der Waals surface area contributed by atoms with Crippen LogP contribution >= 0.6 is 23.2 Å². The second kappa shape index (κ2) is 6.99. The van der Waals surface area contributed by atoms with Crippen LogP contribution in [0.4, 0.5) is 0 Å². The zero-order valence-corrected chi connectivity index (χ0v) is 16.7. The number of hydrogen-bond donors (Lipinski definition) is 1. The van der Waals surface area contributed by atoms with Gasteiger partial charge in [-0.1, -0.05) is 29.3 Å². The second-order valence-corrected chi connectivity index (χ2v) is 7.37. The third kappa shape index (κ3) is 2.92. The average Bonchev–Trinajstić information content (AvgIpc) is 3.30. The molecule has 0 unspecified atom stereocenters. The number of rotatable bonds is 3. The summed E-state index contributed by atoms with van der Waals surface area (Å²) in [5.74, 6) is 0.318. The SMILES string of the molecule is N#Cc1ccc2ncn(-c3ncc4[nH]c(=O)n(Cc5c(Cl)cccc5Cl)c4n3)c2c1. The van der Waals surface area contributed by atoms with E-state index in [1.54, 1.807) is 47.3 Å². The quantitative estimate of drug-likeness (QED) is 0.465. The summed E-state index contributed by atoms with van der Waals surface area (Å²) in [5, 5.41) is 10.1. The minimum atomic E-state index is -0.352. The Morgan fingerprint density at radius 2 is 1.93 bits per heavy atom. The fraction of sp³-hybridized carbons (Fsp3) is 0.0500. The van der Waals surface area contributed by atoms with Crippen LogP contribution in [0.5, 0.6) is 0 Å². The van der Waals surface area contributed by atoms with Crippen LogP contribution in [-0.4, -0.2) is 29.1 Å². The summed E-state index contributed by atoms with van der Waals surface area (Å²) in [5.41, 5.74) is 3.04. The van der Waals surface area contributed by atoms with E-state index >= 15 is 0 Å². The number of nitrogens with zero attached hydrogens (tertiary/aromatic N) is 6. The Morgan fingerprint density at radius 1 is 1.13 bits per heavy atom. The van der Waals surface area contributed by atoms with Crippen molar-refractivity contribution in [2.45, 2.75) is 6.54 Å². The lowest BCUT2D eigenvalue weighted by Gasteiger charge is -2.08. The maximum absolute atomic E-state index is 12.6. The number of nitriles is 1. The fourth-order valence-electron chi connectivity index (χ4n) is 3.28. The lowest BCUT2D eigenvalue weighted by atomic mass is 10.2. The number of nitrogens with one attached hydrogen (secondary N) is 1. The molecule has 0 fully saturated rings. The monoisotopic (exact) mass is 435 g/mol. The van der Waals surface area contributed by atoms with Crippen LogP contribution in [0.25, 0.3) is 28.1 Å². The molecule has 5 rings (SSSR count). The highest BCUT2D eigenvalue weighted by molar-refractivity contribution is 6.36. The number of hydrogen-bond acceptors (Lipinski definition) is 5. The average molecular weight is 436 g/mol. The maximum atomic E-state index is 12.6. The van der Waals surface area contributed by atoms with Crippen molar-refractivity contribution < 1.29 is 0 Å². The molecule has 0 atom stereocenters. The minimum Gasteiger partial charge on any atom is -0.303 e. The zero-order chi connectivity index (χ0) is 20.8. The smallest absolute Gasteiger partial charge is 0.303 e. The highest BCUT2D eigenvalue weighted by atomic mass is 35.5. The van der Waals surface area contributed by atoms with E-state index in [0.29, 0.717) is 49.3 Å². The molecule has 2 aromatic carbocycles. The molecule has 0 radical (unpaired) electrons. The molecule has 5 aromatic rings. The molecule has 30 heavy (non-hydrogen) atoms. The Labute approximate surface area is 179 Å². The first-order chi connectivity index (χ1) is 14.5. The Morgan fingerprint density at radius 3 is 2.70 bits per heavy atom. The largest absolute Gasteiger partial charge is 0.328 e. The van der Waals surface area contributed by atoms with Crippen LogP contribution in [0.15, 0.2) is 53.7 Å². The van der Waals surface area contributed by atoms with E-state index < -0.39 is 0 Å². The summed E-state index contributed by atoms with van der Waals surface area (Å²) in [6, 6.07) is 12.4. The summed E-state index contributed by atoms with van der Waals surface area (Å²) >= 11 is 12.5. The van der Waals surface area contributed by atoms with Crippen LogP contribution < -0.4 is 5.69 Å². The van der Waals surface area contributed by atoms with Crippen LogP contribution in [-0.2, 0) is 6.54 Å². The fourth-order valence-corrected chi connectivity index (χ4v) is 3.79. The molecule has 10 heteroatoms. The summed E-state index contributed by atoms with van der Waals surface area (Å²) < 4.78 is 3.12. The van der Waals surface area contributed by atoms with Gasteiger partial charge in [-0.05, 0) is 30.3 Å². The summed E-state index contributed by atoms with van der Waals surface area (Å²) in [4.78, 5) is 28.6. The number of aromatic amines is 1. The molecular weight excluding hydrogens is 425 g/mol. The number of halogens is 2. The lowest BCUT2D eigenvalue weighted by molar-refractivity contribution is 0.775. The van der Waals surface area contributed by atoms with Gasteiger partial charge in [0.05, 0.1) is 35.4 Å². The topological polar surface area (TPSA) is 105 Å². The molecule has 0 aliphatic heterocycles. The van der Waals surface area contributed by atoms with E-state index in [9.17, 15) is 10.1 Å². The van der Waals surface area contributed by atoms with E-state index in [1.165, 1.54) is 10.8 Å². The first-order valence-electron chi connectivity index (χ1n) is 8.81. The first kappa shape index (κ1) is 18.4. The Kier molecular flexibility index (Phi) is 4.28. The Hall–Kier alpha value is -3.67. The molecule has 0 saturated carbocycles. The molecule has 0 aliphatic carbocycles. The van der Waals surface area contributed by atoms with E-state index in [0.717, 1.165) is 0 Å². The number of benzene rings is 2. The second-order valence-electron chi connectivity index (χ2n) is 6.55. The van der Waals surface area contributed by atoms with Gasteiger partial charge in [0.2, 0.25) is 5.95 Å². The molecule has 1 N–H and O–H groups in total. The molecule has 3 aromatic heterocycles. The van der Waals surface area contributed by atoms with Gasteiger partial charge in [0.1, 0.15) is 11.8 Å². The van der Waals surface area contributed by atoms with Gasteiger partial charge in [0.15, 0.2) is 5.65 Å². The van der Waals surface area contributed by atoms with Gasteiger partial charge in [-0.2, -0.15) is 10.2 Å². The minimum absolute atomic E-state index is 0.150. The van der Waals surface area contributed by atoms with E-state index in [1.807, 2.05) is 0 Å². The van der Waals surface area contributed by atoms with Crippen molar-refractivity contribution in [3.63, 3.8) is 0 Å². The van der Waals surface area contributed by atoms with Crippen molar-refractivity contribution in [2.75, 3.05) is 0 Å². The molecule has 8 nitrogen and oxygen atoms in total. The summed E-state index contributed by atoms with van der Waals surface area (Å²) in [7, 11) is 0. The van der Waals surface area contributed by atoms with Gasteiger partial charge >= 0.3 is 5.69 Å². The third-order valence-corrected chi connectivity index (χ3v) is 5.48. The normalized spacial score (nSPS) is 11.2. The van der Waals surface area contributed by atoms with Crippen molar-refractivity contribution in [1.82, 2.24) is 29.1 Å². The predicted octanol–water partition coefficient (Wildman–Crippen LogP) is 3.69. The van der Waals surface area contributed by atoms with Crippen LogP contribution in [0.2, 0.25) is 10.0 Å². The molecule has 0 bridgehead atoms. The number of aromatic nitrogens is 6. The standard InChI is InChI=1S/C20H11Cl2N7O/c21-13-2-1-3-14(22)12(13)9-28-18-16(26-20(28)30)8-24-19(27-18)29-10-25-15-5-4-11(7-23)6-17(15)29/h1-6,8,10H,9H2,(H,26,30). The molecule has 146 valence electrons. The predicted molar refractivity (Wildman–Crippen MR) is 113 cm³/mol. The third-order valence-electron chi connectivity index (χ3n) is 4.77. The van der Waals surface area contributed by atoms with Gasteiger partial charge in [0, 0.05) is 15.6 Å². The lowest BCUT2D eigenvalue weighted by Crippen LogP contribution is -2.18. The molecule has 0 amide bonds. The van der Waals surface area contributed by atoms with E-state index in [-0.39, 0.29) is 12.2 Å². The maximum Gasteiger partial charge on any atom is 0.328 e. The van der Waals surface area contributed by atoms with Crippen LogP contribution in [0, 0.1) is 11.3 Å². The van der Waals surface area contributed by atoms with Gasteiger partial charge in [-0.25, -0.2) is 14.8 Å². The molecule has 3 heterocycles. The Bertz CT molecular complexity index is 1520. The molecule has 0 aliphatic rings. The number of H-pyrrole nitrogens is 1. The summed E-state index contributed by atoms with van der Waals surface area (Å²) in [6.07, 6.45) is 3.11. The van der Waals surface area contributed by atoms with Gasteiger partial charge in [-0.15, -0.1) is 0 Å². The molecular formula is C20H11Cl2N7O. The highest BCUT2D eigenvalue weighted by Gasteiger charge is 2.15. The van der Waals surface area contributed by atoms with Crippen molar-refractivity contribution in [3.05, 3.63) is 80.6 Å². The van der Waals surface area contributed by atoms with Gasteiger partial charge in [0.25, 0.3) is 0 Å². The van der Waals surface area contributed by atoms with Crippen molar-refractivity contribution >= 4 is 45.4 Å². The number of fused-ring (bicyclic) bond motifs is 2. The van der Waals surface area contributed by atoms with Crippen LogP contribution in [0.1, 0.15) is 11.1 Å². The van der Waals surface area contributed by atoms with Crippen molar-refractivity contribution in [1.29, 1.82) is 5.26 Å². The van der Waals surface area contributed by atoms with Gasteiger partial charge < -0.3 is 4.98 Å². The molecule has 0 spiro atoms. The van der Waals surface area contributed by atoms with Crippen molar-refractivity contribution in [2.24, 2.45) is 0 Å².